The summed E-state index contributed by atoms with van der Waals surface area (Å²) < 4.78 is 4.47. The van der Waals surface area contributed by atoms with E-state index in [1.807, 2.05) is 42.6 Å². The van der Waals surface area contributed by atoms with Crippen LogP contribution in [-0.4, -0.2) is 14.1 Å². The van der Waals surface area contributed by atoms with Crippen LogP contribution in [-0.2, 0) is 0 Å². The second-order valence-electron chi connectivity index (χ2n) is 19.8. The lowest BCUT2D eigenvalue weighted by Crippen LogP contribution is -2.09. The Balaban J connectivity index is 0.885. The Morgan fingerprint density at radius 1 is 0.312 bits per heavy atom. The first-order valence-electron chi connectivity index (χ1n) is 26.6. The fourth-order valence-corrected chi connectivity index (χ4v) is 11.6. The maximum absolute atomic E-state index is 10.8. The van der Waals surface area contributed by atoms with Crippen molar-refractivity contribution in [2.75, 3.05) is 9.80 Å². The Bertz CT molecular complexity index is 4630. The Labute approximate surface area is 463 Å². The van der Waals surface area contributed by atoms with Gasteiger partial charge in [0.15, 0.2) is 0 Å². The highest BCUT2D eigenvalue weighted by Crippen LogP contribution is 2.43. The van der Waals surface area contributed by atoms with Gasteiger partial charge < -0.3 is 14.4 Å². The molecule has 0 N–H and O–H groups in total. The summed E-state index contributed by atoms with van der Waals surface area (Å²) in [5.41, 5.74) is 17.7. The topological polar surface area (TPSA) is 76.8 Å². The van der Waals surface area contributed by atoms with Gasteiger partial charge in [-0.2, -0.15) is 10.5 Å². The summed E-state index contributed by atoms with van der Waals surface area (Å²) >= 11 is 0. The second kappa shape index (κ2) is 20.0. The molecular formula is C73H47N7. The Morgan fingerprint density at radius 3 is 1.18 bits per heavy atom. The highest BCUT2D eigenvalue weighted by atomic mass is 15.1. The van der Waals surface area contributed by atoms with Gasteiger partial charge in [-0.05, 0) is 144 Å². The standard InChI is InChI=1S/C73H47N7/c74-47-54-18-17-29-61(67(54)48-75)66-46-73(80-69-31-16-14-28-63(69)65-45-53(37-43-71(65)80)51-34-40-60(41-35-51)78(57-23-9-3-10-24-57)58-25-11-4-12-26-58)76-49-72(66)79-68-30-15-13-27-62(68)64-44-52(36-42-70(64)79)50-32-38-59(39-33-50)77(55-19-5-1-6-20-55)56-21-7-2-8-22-56/h1-46,49H. The summed E-state index contributed by atoms with van der Waals surface area (Å²) in [4.78, 5) is 9.89. The second-order valence-corrected chi connectivity index (χ2v) is 19.8. The Morgan fingerprint density at radius 2 is 0.713 bits per heavy atom. The SMILES string of the molecule is N#Cc1cccc(-c2cc(-n3c4ccccc4c4cc(-c5ccc(N(c6ccccc6)c6ccccc6)cc5)ccc43)ncc2-n2c3ccccc3c3cc(-c4ccc(N(c5ccccc5)c5ccccc5)cc4)ccc32)c1C#N. The quantitative estimate of drug-likeness (QED) is 0.129. The molecule has 3 heterocycles. The maximum Gasteiger partial charge on any atom is 0.138 e. The smallest absolute Gasteiger partial charge is 0.138 e. The number of aromatic nitrogens is 3. The van der Waals surface area contributed by atoms with Crippen LogP contribution in [0.15, 0.2) is 285 Å². The van der Waals surface area contributed by atoms with Crippen molar-refractivity contribution in [2.24, 2.45) is 0 Å². The van der Waals surface area contributed by atoms with E-state index >= 15 is 0 Å². The summed E-state index contributed by atoms with van der Waals surface area (Å²) in [5, 5.41) is 25.5. The molecule has 14 rings (SSSR count). The highest BCUT2D eigenvalue weighted by Gasteiger charge is 2.23. The van der Waals surface area contributed by atoms with Gasteiger partial charge in [0, 0.05) is 66.8 Å². The number of hydrogen-bond donors (Lipinski definition) is 0. The fraction of sp³-hybridized carbons (Fsp3) is 0. The van der Waals surface area contributed by atoms with Gasteiger partial charge in [-0.3, -0.25) is 4.57 Å². The van der Waals surface area contributed by atoms with E-state index in [1.54, 1.807) is 6.07 Å². The molecule has 7 heteroatoms. The minimum Gasteiger partial charge on any atom is -0.311 e. The molecule has 0 aliphatic rings. The molecule has 0 aliphatic carbocycles. The van der Waals surface area contributed by atoms with E-state index in [0.717, 1.165) is 111 Å². The van der Waals surface area contributed by atoms with Crippen LogP contribution in [0.4, 0.5) is 34.1 Å². The zero-order chi connectivity index (χ0) is 53.5. The molecule has 0 saturated carbocycles. The van der Waals surface area contributed by atoms with Crippen molar-refractivity contribution < 1.29 is 0 Å². The van der Waals surface area contributed by atoms with Crippen LogP contribution < -0.4 is 9.80 Å². The van der Waals surface area contributed by atoms with Crippen molar-refractivity contribution in [1.82, 2.24) is 14.1 Å². The van der Waals surface area contributed by atoms with Crippen LogP contribution in [0.1, 0.15) is 11.1 Å². The molecule has 7 nitrogen and oxygen atoms in total. The fourth-order valence-electron chi connectivity index (χ4n) is 11.6. The molecule has 11 aromatic carbocycles. The van der Waals surface area contributed by atoms with Crippen LogP contribution in [0, 0.1) is 22.7 Å². The summed E-state index contributed by atoms with van der Waals surface area (Å²) in [7, 11) is 0. The highest BCUT2D eigenvalue weighted by molar-refractivity contribution is 6.12. The van der Waals surface area contributed by atoms with Crippen LogP contribution in [0.3, 0.4) is 0 Å². The zero-order valence-corrected chi connectivity index (χ0v) is 43.3. The number of pyridine rings is 1. The van der Waals surface area contributed by atoms with Gasteiger partial charge in [-0.25, -0.2) is 4.98 Å². The first-order chi connectivity index (χ1) is 39.6. The average Bonchev–Trinajstić information content (AvgIpc) is 4.26. The summed E-state index contributed by atoms with van der Waals surface area (Å²) in [5.74, 6) is 0.685. The van der Waals surface area contributed by atoms with Gasteiger partial charge in [0.25, 0.3) is 0 Å². The monoisotopic (exact) mass is 1020 g/mol. The van der Waals surface area contributed by atoms with Crippen molar-refractivity contribution in [3.8, 4) is 57.0 Å². The normalized spacial score (nSPS) is 11.2. The number of rotatable bonds is 11. The van der Waals surface area contributed by atoms with Crippen molar-refractivity contribution in [3.05, 3.63) is 296 Å². The van der Waals surface area contributed by atoms with E-state index in [2.05, 4.69) is 268 Å². The molecule has 0 saturated heterocycles. The third kappa shape index (κ3) is 8.19. The van der Waals surface area contributed by atoms with E-state index in [9.17, 15) is 10.5 Å². The molecule has 0 atom stereocenters. The number of benzene rings is 11. The predicted octanol–water partition coefficient (Wildman–Crippen LogP) is 19.0. The number of para-hydroxylation sites is 6. The molecule has 3 aromatic heterocycles. The molecule has 0 bridgehead atoms. The molecule has 0 unspecified atom stereocenters. The molecule has 0 fully saturated rings. The molecule has 14 aromatic rings. The van der Waals surface area contributed by atoms with E-state index < -0.39 is 0 Å². The van der Waals surface area contributed by atoms with Crippen molar-refractivity contribution in [2.45, 2.75) is 0 Å². The van der Waals surface area contributed by atoms with Crippen molar-refractivity contribution >= 4 is 77.7 Å². The maximum atomic E-state index is 10.8. The molecular weight excluding hydrogens is 975 g/mol. The molecule has 0 amide bonds. The van der Waals surface area contributed by atoms with Crippen LogP contribution in [0.5, 0.6) is 0 Å². The number of nitrogens with zero attached hydrogens (tertiary/aromatic N) is 7. The molecule has 0 radical (unpaired) electrons. The van der Waals surface area contributed by atoms with Gasteiger partial charge in [-0.15, -0.1) is 0 Å². The summed E-state index contributed by atoms with van der Waals surface area (Å²) in [6, 6.07) is 102. The number of anilines is 6. The molecule has 80 heavy (non-hydrogen) atoms. The molecule has 374 valence electrons. The average molecular weight is 1020 g/mol. The van der Waals surface area contributed by atoms with E-state index in [0.29, 0.717) is 22.5 Å². The van der Waals surface area contributed by atoms with Gasteiger partial charge in [0.1, 0.15) is 18.0 Å². The van der Waals surface area contributed by atoms with Gasteiger partial charge >= 0.3 is 0 Å². The van der Waals surface area contributed by atoms with Gasteiger partial charge in [-0.1, -0.05) is 158 Å². The Hall–Kier alpha value is -11.3. The third-order valence-corrected chi connectivity index (χ3v) is 15.2. The van der Waals surface area contributed by atoms with Gasteiger partial charge in [0.05, 0.1) is 45.1 Å². The first kappa shape index (κ1) is 47.2. The largest absolute Gasteiger partial charge is 0.311 e. The van der Waals surface area contributed by atoms with Crippen molar-refractivity contribution in [3.63, 3.8) is 0 Å². The minimum absolute atomic E-state index is 0.312. The van der Waals surface area contributed by atoms with Crippen LogP contribution in [0.2, 0.25) is 0 Å². The number of fused-ring (bicyclic) bond motifs is 6. The van der Waals surface area contributed by atoms with Crippen LogP contribution in [0.25, 0.3) is 88.5 Å². The van der Waals surface area contributed by atoms with Gasteiger partial charge in [0.2, 0.25) is 0 Å². The summed E-state index contributed by atoms with van der Waals surface area (Å²) in [6.45, 7) is 0. The molecule has 0 aliphatic heterocycles. The summed E-state index contributed by atoms with van der Waals surface area (Å²) in [6.07, 6.45) is 1.93. The van der Waals surface area contributed by atoms with Crippen LogP contribution >= 0.6 is 0 Å². The Kier molecular flexibility index (Phi) is 11.8. The van der Waals surface area contributed by atoms with E-state index in [-0.39, 0.29) is 0 Å². The third-order valence-electron chi connectivity index (χ3n) is 15.2. The lowest BCUT2D eigenvalue weighted by molar-refractivity contribution is 1.06. The zero-order valence-electron chi connectivity index (χ0n) is 43.3. The van der Waals surface area contributed by atoms with Crippen molar-refractivity contribution in [1.29, 1.82) is 10.5 Å². The van der Waals surface area contributed by atoms with E-state index in [1.165, 1.54) is 0 Å². The number of nitriles is 2. The number of hydrogen-bond acceptors (Lipinski definition) is 5. The minimum atomic E-state index is 0.312. The van der Waals surface area contributed by atoms with E-state index in [4.69, 9.17) is 4.98 Å². The lowest BCUT2D eigenvalue weighted by atomic mass is 9.95. The predicted molar refractivity (Wildman–Crippen MR) is 328 cm³/mol. The first-order valence-corrected chi connectivity index (χ1v) is 26.6. The lowest BCUT2D eigenvalue weighted by Gasteiger charge is -2.25. The molecule has 0 spiro atoms.